The van der Waals surface area contributed by atoms with Crippen LogP contribution in [0.3, 0.4) is 0 Å². The summed E-state index contributed by atoms with van der Waals surface area (Å²) in [5.41, 5.74) is 7.37. The third-order valence-corrected chi connectivity index (χ3v) is 11.4. The van der Waals surface area contributed by atoms with Crippen molar-refractivity contribution < 1.29 is 52.5 Å². The third kappa shape index (κ3) is 29.2. The summed E-state index contributed by atoms with van der Waals surface area (Å²) in [6, 6.07) is 13.5. The highest BCUT2D eigenvalue weighted by atomic mass is 16.5. The van der Waals surface area contributed by atoms with Crippen LogP contribution in [0.15, 0.2) is 60.7 Å². The molecule has 0 saturated heterocycles. The Hall–Kier alpha value is -4.70. The zero-order valence-corrected chi connectivity index (χ0v) is 41.4. The molecule has 1 unspecified atom stereocenters. The van der Waals surface area contributed by atoms with Gasteiger partial charge >= 0.3 is 11.9 Å². The molecule has 2 aromatic rings. The van der Waals surface area contributed by atoms with Gasteiger partial charge < -0.3 is 45.4 Å². The highest BCUT2D eigenvalue weighted by Gasteiger charge is 2.40. The molecule has 2 rings (SSSR count). The second-order valence-electron chi connectivity index (χ2n) is 17.5. The average molecular weight is 953 g/mol. The van der Waals surface area contributed by atoms with E-state index in [2.05, 4.69) is 29.8 Å². The lowest BCUT2D eigenvalue weighted by molar-refractivity contribution is -0.156. The van der Waals surface area contributed by atoms with E-state index in [1.807, 2.05) is 6.07 Å². The molecule has 0 aliphatic rings. The molecule has 0 aliphatic carbocycles. The second kappa shape index (κ2) is 39.2. The summed E-state index contributed by atoms with van der Waals surface area (Å²) in [4.78, 5) is 81.5. The van der Waals surface area contributed by atoms with Crippen molar-refractivity contribution in [2.24, 2.45) is 11.7 Å². The van der Waals surface area contributed by atoms with E-state index < -0.39 is 78.9 Å². The number of amides is 3. The zero-order chi connectivity index (χ0) is 49.5. The van der Waals surface area contributed by atoms with Crippen molar-refractivity contribution in [3.05, 3.63) is 71.8 Å². The number of nitrogens with two attached hydrogens (primary N) is 1. The fourth-order valence-corrected chi connectivity index (χ4v) is 7.42. The van der Waals surface area contributed by atoms with Crippen LogP contribution >= 0.6 is 0 Å². The van der Waals surface area contributed by atoms with E-state index in [1.165, 1.54) is 77.6 Å². The number of esters is 2. The largest absolute Gasteiger partial charge is 0.461 e. The van der Waals surface area contributed by atoms with Gasteiger partial charge in [-0.05, 0) is 30.9 Å². The molecule has 15 nitrogen and oxygen atoms in total. The van der Waals surface area contributed by atoms with Gasteiger partial charge in [-0.25, -0.2) is 4.79 Å². The molecule has 4 atom stereocenters. The molecule has 382 valence electrons. The lowest BCUT2D eigenvalue weighted by Gasteiger charge is -2.27. The van der Waals surface area contributed by atoms with Gasteiger partial charge in [0.25, 0.3) is 0 Å². The molecule has 2 aromatic carbocycles. The number of hydrogen-bond donors (Lipinski definition) is 4. The number of benzene rings is 2. The molecule has 0 heterocycles. The highest BCUT2D eigenvalue weighted by molar-refractivity contribution is 5.97. The van der Waals surface area contributed by atoms with Gasteiger partial charge in [0.2, 0.25) is 17.7 Å². The number of ether oxygens (including phenoxy) is 5. The topological polar surface area (TPSA) is 211 Å². The lowest BCUT2D eigenvalue weighted by Crippen LogP contribution is -2.55. The van der Waals surface area contributed by atoms with Crippen LogP contribution in [0.4, 0.5) is 0 Å². The van der Waals surface area contributed by atoms with Crippen LogP contribution in [0.25, 0.3) is 0 Å². The maximum Gasteiger partial charge on any atom is 0.329 e. The Kier molecular flexibility index (Phi) is 34.2. The smallest absolute Gasteiger partial charge is 0.329 e. The third-order valence-electron chi connectivity index (χ3n) is 11.4. The maximum atomic E-state index is 13.9. The molecule has 15 heteroatoms. The molecular formula is C53H84N4O11. The van der Waals surface area contributed by atoms with Gasteiger partial charge in [0, 0.05) is 13.2 Å². The van der Waals surface area contributed by atoms with Gasteiger partial charge in [0.05, 0.1) is 51.2 Å². The van der Waals surface area contributed by atoms with E-state index in [1.54, 1.807) is 54.6 Å². The standard InChI is InChI=1S/C53H84N4O11/c1-4-6-8-10-11-12-13-14-15-16-17-25-31-55-52(62)46(56-48(59)41-66-36-35-65-34-33-64-32-26-18-9-7-5-2)38-47(58)57-50(53(63)68-40-44-29-23-20-24-30-44)45(51(61)42(3)54)37-49(60)67-39-43-27-21-19-22-28-43/h19-24,27-30,42,45-46,50H,4-18,25-26,31-41,54H2,1-3H3,(H,55,62)(H,56,59)(H,57,58)/t42-,45?,46-,50-/m0/s1. The van der Waals surface area contributed by atoms with Crippen molar-refractivity contribution in [1.82, 2.24) is 16.0 Å². The molecule has 0 spiro atoms. The van der Waals surface area contributed by atoms with Crippen LogP contribution in [0.2, 0.25) is 0 Å². The average Bonchev–Trinajstić information content (AvgIpc) is 3.34. The number of carbonyl (C=O) groups excluding carboxylic acids is 6. The molecule has 0 aliphatic heterocycles. The highest BCUT2D eigenvalue weighted by Crippen LogP contribution is 2.19. The normalized spacial score (nSPS) is 12.9. The van der Waals surface area contributed by atoms with Crippen LogP contribution in [0.5, 0.6) is 0 Å². The molecule has 68 heavy (non-hydrogen) atoms. The van der Waals surface area contributed by atoms with E-state index >= 15 is 0 Å². The molecule has 0 saturated carbocycles. The van der Waals surface area contributed by atoms with E-state index in [9.17, 15) is 28.8 Å². The molecular weight excluding hydrogens is 869 g/mol. The van der Waals surface area contributed by atoms with E-state index in [0.717, 1.165) is 32.1 Å². The molecule has 0 radical (unpaired) electrons. The summed E-state index contributed by atoms with van der Waals surface area (Å²) >= 11 is 0. The Morgan fingerprint density at radius 1 is 0.544 bits per heavy atom. The summed E-state index contributed by atoms with van der Waals surface area (Å²) in [5, 5.41) is 7.99. The first-order valence-electron chi connectivity index (χ1n) is 25.3. The number of ketones is 1. The van der Waals surface area contributed by atoms with Gasteiger partial charge in [0.1, 0.15) is 31.9 Å². The second-order valence-corrected chi connectivity index (χ2v) is 17.5. The van der Waals surface area contributed by atoms with Crippen molar-refractivity contribution in [3.63, 3.8) is 0 Å². The van der Waals surface area contributed by atoms with E-state index in [-0.39, 0.29) is 26.4 Å². The van der Waals surface area contributed by atoms with Crippen LogP contribution in [0.1, 0.15) is 154 Å². The number of carbonyl (C=O) groups is 6. The van der Waals surface area contributed by atoms with Crippen LogP contribution in [-0.4, -0.2) is 99.8 Å². The Bertz CT molecular complexity index is 1660. The van der Waals surface area contributed by atoms with Gasteiger partial charge in [-0.3, -0.25) is 24.0 Å². The van der Waals surface area contributed by atoms with Crippen molar-refractivity contribution in [1.29, 1.82) is 0 Å². The summed E-state index contributed by atoms with van der Waals surface area (Å²) in [7, 11) is 0. The first kappa shape index (κ1) is 59.4. The van der Waals surface area contributed by atoms with E-state index in [0.29, 0.717) is 43.9 Å². The monoisotopic (exact) mass is 953 g/mol. The minimum Gasteiger partial charge on any atom is -0.461 e. The number of Topliss-reactive ketones (excluding diaryl/α,β-unsaturated/α-hetero) is 1. The first-order chi connectivity index (χ1) is 33.0. The summed E-state index contributed by atoms with van der Waals surface area (Å²) < 4.78 is 27.7. The minimum atomic E-state index is -1.70. The first-order valence-corrected chi connectivity index (χ1v) is 25.3. The van der Waals surface area contributed by atoms with Crippen molar-refractivity contribution >= 4 is 35.4 Å². The SMILES string of the molecule is CCCCCCCCCCCCCCNC(=O)[C@H](CC(=O)N[C@H](C(=O)OCc1ccccc1)C(CC(=O)OCc1ccccc1)C(=O)[C@H](C)N)NC(=O)COCCOCCOCCCCCCC. The lowest BCUT2D eigenvalue weighted by atomic mass is 9.88. The Morgan fingerprint density at radius 2 is 1.03 bits per heavy atom. The molecule has 0 bridgehead atoms. The summed E-state index contributed by atoms with van der Waals surface area (Å²) in [6.07, 6.45) is 18.4. The van der Waals surface area contributed by atoms with Gasteiger partial charge in [-0.15, -0.1) is 0 Å². The molecule has 0 fully saturated rings. The number of unbranched alkanes of at least 4 members (excludes halogenated alkanes) is 15. The molecule has 0 aromatic heterocycles. The predicted molar refractivity (Wildman–Crippen MR) is 263 cm³/mol. The van der Waals surface area contributed by atoms with E-state index in [4.69, 9.17) is 29.4 Å². The number of nitrogens with one attached hydrogen (secondary N) is 3. The van der Waals surface area contributed by atoms with Gasteiger partial charge in [-0.1, -0.05) is 171 Å². The minimum absolute atomic E-state index is 0.0883. The Morgan fingerprint density at radius 3 is 1.57 bits per heavy atom. The van der Waals surface area contributed by atoms with Crippen LogP contribution < -0.4 is 21.7 Å². The summed E-state index contributed by atoms with van der Waals surface area (Å²) in [6.45, 7) is 7.30. The number of hydrogen-bond acceptors (Lipinski definition) is 12. The molecule has 3 amide bonds. The fourth-order valence-electron chi connectivity index (χ4n) is 7.42. The van der Waals surface area contributed by atoms with Crippen molar-refractivity contribution in [3.8, 4) is 0 Å². The van der Waals surface area contributed by atoms with Crippen molar-refractivity contribution in [2.45, 2.75) is 174 Å². The Balaban J connectivity index is 2.10. The zero-order valence-electron chi connectivity index (χ0n) is 41.4. The Labute approximate surface area is 406 Å². The molecule has 5 N–H and O–H groups in total. The van der Waals surface area contributed by atoms with Crippen LogP contribution in [-0.2, 0) is 65.7 Å². The van der Waals surface area contributed by atoms with Crippen LogP contribution in [0, 0.1) is 5.92 Å². The number of rotatable bonds is 42. The van der Waals surface area contributed by atoms with Gasteiger partial charge in [0.15, 0.2) is 5.78 Å². The summed E-state index contributed by atoms with van der Waals surface area (Å²) in [5.74, 6) is -6.12. The fraction of sp³-hybridized carbons (Fsp3) is 0.660. The van der Waals surface area contributed by atoms with Crippen molar-refractivity contribution in [2.75, 3.05) is 46.2 Å². The maximum absolute atomic E-state index is 13.9. The predicted octanol–water partition coefficient (Wildman–Crippen LogP) is 7.59. The van der Waals surface area contributed by atoms with Gasteiger partial charge in [-0.2, -0.15) is 0 Å². The quantitative estimate of drug-likeness (QED) is 0.0375.